The SMILES string of the molecule is Cc1noc(N2C=COC2c2ccc(-c3ccccc3)c(CN3CCN(C)C3=O)c2)c1C. The van der Waals surface area contributed by atoms with Gasteiger partial charge in [-0.05, 0) is 36.6 Å². The highest BCUT2D eigenvalue weighted by Gasteiger charge is 2.31. The van der Waals surface area contributed by atoms with Crippen LogP contribution in [0, 0.1) is 13.8 Å². The standard InChI is InChI=1S/C25H26N4O3/c1-17-18(2)26-32-23(17)29-13-14-31-24(29)20-9-10-22(19-7-5-4-6-8-19)21(15-20)16-28-12-11-27(3)25(28)30/h4-10,13-15,24H,11-12,16H2,1-3H3. The topological polar surface area (TPSA) is 62.1 Å². The molecule has 7 nitrogen and oxygen atoms in total. The van der Waals surface area contributed by atoms with Crippen LogP contribution in [0.3, 0.4) is 0 Å². The van der Waals surface area contributed by atoms with Gasteiger partial charge in [-0.1, -0.05) is 47.6 Å². The molecule has 5 rings (SSSR count). The van der Waals surface area contributed by atoms with Gasteiger partial charge in [-0.15, -0.1) is 0 Å². The average molecular weight is 431 g/mol. The molecular weight excluding hydrogens is 404 g/mol. The Morgan fingerprint density at radius 2 is 1.91 bits per heavy atom. The van der Waals surface area contributed by atoms with Gasteiger partial charge in [-0.3, -0.25) is 4.90 Å². The van der Waals surface area contributed by atoms with Crippen molar-refractivity contribution in [2.75, 3.05) is 25.0 Å². The van der Waals surface area contributed by atoms with Crippen molar-refractivity contribution in [3.63, 3.8) is 0 Å². The molecule has 1 atom stereocenters. The van der Waals surface area contributed by atoms with E-state index in [9.17, 15) is 4.79 Å². The van der Waals surface area contributed by atoms with Crippen molar-refractivity contribution in [2.45, 2.75) is 26.6 Å². The molecule has 0 spiro atoms. The van der Waals surface area contributed by atoms with Crippen molar-refractivity contribution >= 4 is 11.9 Å². The van der Waals surface area contributed by atoms with E-state index in [-0.39, 0.29) is 12.3 Å². The normalized spacial score (nSPS) is 18.0. The predicted octanol–water partition coefficient (Wildman–Crippen LogP) is 4.83. The molecule has 1 unspecified atom stereocenters. The number of aromatic nitrogens is 1. The van der Waals surface area contributed by atoms with Gasteiger partial charge in [0.15, 0.2) is 0 Å². The van der Waals surface area contributed by atoms with Crippen molar-refractivity contribution < 1.29 is 14.1 Å². The lowest BCUT2D eigenvalue weighted by atomic mass is 9.96. The number of amides is 2. The van der Waals surface area contributed by atoms with Crippen LogP contribution in [0.25, 0.3) is 11.1 Å². The second kappa shape index (κ2) is 8.07. The highest BCUT2D eigenvalue weighted by molar-refractivity contribution is 5.77. The van der Waals surface area contributed by atoms with Crippen molar-refractivity contribution in [3.8, 4) is 11.1 Å². The summed E-state index contributed by atoms with van der Waals surface area (Å²) < 4.78 is 11.5. The van der Waals surface area contributed by atoms with Crippen LogP contribution in [-0.2, 0) is 11.3 Å². The minimum absolute atomic E-state index is 0.0579. The van der Waals surface area contributed by atoms with Gasteiger partial charge in [0.2, 0.25) is 12.1 Å². The fourth-order valence-electron chi connectivity index (χ4n) is 4.23. The maximum Gasteiger partial charge on any atom is 0.320 e. The molecule has 2 aliphatic heterocycles. The lowest BCUT2D eigenvalue weighted by Gasteiger charge is -2.24. The van der Waals surface area contributed by atoms with E-state index in [4.69, 9.17) is 9.26 Å². The molecule has 0 saturated carbocycles. The summed E-state index contributed by atoms with van der Waals surface area (Å²) in [7, 11) is 1.84. The van der Waals surface area contributed by atoms with E-state index in [0.717, 1.165) is 46.6 Å². The molecule has 0 aliphatic carbocycles. The van der Waals surface area contributed by atoms with Crippen LogP contribution in [-0.4, -0.2) is 41.1 Å². The van der Waals surface area contributed by atoms with Gasteiger partial charge in [-0.2, -0.15) is 0 Å². The van der Waals surface area contributed by atoms with E-state index in [1.54, 1.807) is 11.2 Å². The first-order valence-corrected chi connectivity index (χ1v) is 10.7. The lowest BCUT2D eigenvalue weighted by Crippen LogP contribution is -2.29. The summed E-state index contributed by atoms with van der Waals surface area (Å²) >= 11 is 0. The molecule has 7 heteroatoms. The van der Waals surface area contributed by atoms with Crippen molar-refractivity contribution in [1.82, 2.24) is 15.0 Å². The number of likely N-dealkylation sites (N-methyl/N-ethyl adjacent to an activating group) is 1. The van der Waals surface area contributed by atoms with Gasteiger partial charge in [0, 0.05) is 44.0 Å². The van der Waals surface area contributed by atoms with Crippen molar-refractivity contribution in [1.29, 1.82) is 0 Å². The zero-order chi connectivity index (χ0) is 22.2. The molecule has 3 heterocycles. The predicted molar refractivity (Wildman–Crippen MR) is 122 cm³/mol. The number of aryl methyl sites for hydroxylation is 1. The molecule has 1 saturated heterocycles. The summed E-state index contributed by atoms with van der Waals surface area (Å²) in [6, 6.07) is 16.6. The Morgan fingerprint density at radius 3 is 2.59 bits per heavy atom. The minimum atomic E-state index is -0.360. The summed E-state index contributed by atoms with van der Waals surface area (Å²) in [6.07, 6.45) is 3.18. The summed E-state index contributed by atoms with van der Waals surface area (Å²) in [5.41, 5.74) is 6.14. The van der Waals surface area contributed by atoms with E-state index >= 15 is 0 Å². The van der Waals surface area contributed by atoms with Gasteiger partial charge in [0.1, 0.15) is 6.26 Å². The van der Waals surface area contributed by atoms with Crippen LogP contribution in [0.5, 0.6) is 0 Å². The van der Waals surface area contributed by atoms with E-state index in [1.807, 2.05) is 55.1 Å². The van der Waals surface area contributed by atoms with Gasteiger partial charge in [-0.25, -0.2) is 4.79 Å². The molecular formula is C25H26N4O3. The fraction of sp³-hybridized carbons (Fsp3) is 0.280. The van der Waals surface area contributed by atoms with Crippen molar-refractivity contribution in [3.05, 3.63) is 83.4 Å². The second-order valence-electron chi connectivity index (χ2n) is 8.29. The minimum Gasteiger partial charge on any atom is -0.472 e. The number of benzene rings is 2. The molecule has 3 aromatic rings. The molecule has 0 bridgehead atoms. The highest BCUT2D eigenvalue weighted by Crippen LogP contribution is 2.37. The Morgan fingerprint density at radius 1 is 1.09 bits per heavy atom. The van der Waals surface area contributed by atoms with E-state index in [2.05, 4.69) is 35.5 Å². The number of carbonyl (C=O) groups excluding carboxylic acids is 1. The largest absolute Gasteiger partial charge is 0.472 e. The maximum atomic E-state index is 12.6. The average Bonchev–Trinajstić information content (AvgIpc) is 3.51. The second-order valence-corrected chi connectivity index (χ2v) is 8.29. The zero-order valence-corrected chi connectivity index (χ0v) is 18.5. The number of ether oxygens (including phenoxy) is 1. The van der Waals surface area contributed by atoms with E-state index < -0.39 is 0 Å². The van der Waals surface area contributed by atoms with E-state index in [1.165, 1.54) is 0 Å². The maximum absolute atomic E-state index is 12.6. The summed E-state index contributed by atoms with van der Waals surface area (Å²) in [4.78, 5) is 18.2. The Bertz CT molecular complexity index is 1170. The van der Waals surface area contributed by atoms with Gasteiger partial charge in [0.25, 0.3) is 0 Å². The van der Waals surface area contributed by atoms with Gasteiger partial charge in [0.05, 0.1) is 5.69 Å². The monoisotopic (exact) mass is 430 g/mol. The third kappa shape index (κ3) is 3.49. The molecule has 0 radical (unpaired) electrons. The van der Waals surface area contributed by atoms with Crippen LogP contribution in [0.1, 0.15) is 28.6 Å². The Kier molecular flexibility index (Phi) is 5.09. The van der Waals surface area contributed by atoms with Crippen molar-refractivity contribution in [2.24, 2.45) is 0 Å². The smallest absolute Gasteiger partial charge is 0.320 e. The van der Waals surface area contributed by atoms with Crippen LogP contribution in [0.15, 0.2) is 65.5 Å². The first kappa shape index (κ1) is 20.2. The first-order chi connectivity index (χ1) is 15.5. The molecule has 2 amide bonds. The first-order valence-electron chi connectivity index (χ1n) is 10.7. The number of hydrogen-bond acceptors (Lipinski definition) is 5. The number of anilines is 1. The Balaban J connectivity index is 1.52. The molecule has 164 valence electrons. The lowest BCUT2D eigenvalue weighted by molar-refractivity contribution is 0.169. The number of rotatable bonds is 5. The molecule has 0 N–H and O–H groups in total. The van der Waals surface area contributed by atoms with Gasteiger partial charge < -0.3 is 19.1 Å². The number of carbonyl (C=O) groups is 1. The van der Waals surface area contributed by atoms with E-state index in [0.29, 0.717) is 12.4 Å². The third-order valence-electron chi connectivity index (χ3n) is 6.21. The molecule has 2 aliphatic rings. The molecule has 2 aromatic carbocycles. The molecule has 32 heavy (non-hydrogen) atoms. The van der Waals surface area contributed by atoms with Crippen LogP contribution >= 0.6 is 0 Å². The highest BCUT2D eigenvalue weighted by atomic mass is 16.5. The fourth-order valence-corrected chi connectivity index (χ4v) is 4.23. The number of hydrogen-bond donors (Lipinski definition) is 0. The van der Waals surface area contributed by atoms with Crippen LogP contribution < -0.4 is 4.90 Å². The zero-order valence-electron chi connectivity index (χ0n) is 18.5. The quantitative estimate of drug-likeness (QED) is 0.580. The summed E-state index contributed by atoms with van der Waals surface area (Å²) in [6.45, 7) is 5.92. The molecule has 1 aromatic heterocycles. The van der Waals surface area contributed by atoms with Crippen LogP contribution in [0.4, 0.5) is 10.7 Å². The summed E-state index contributed by atoms with van der Waals surface area (Å²) in [5.74, 6) is 0.672. The number of nitrogens with zero attached hydrogens (tertiary/aromatic N) is 4. The third-order valence-corrected chi connectivity index (χ3v) is 6.21. The summed E-state index contributed by atoms with van der Waals surface area (Å²) in [5, 5.41) is 4.09. The Labute approximate surface area is 187 Å². The van der Waals surface area contributed by atoms with Crippen LogP contribution in [0.2, 0.25) is 0 Å². The molecule has 1 fully saturated rings. The van der Waals surface area contributed by atoms with Gasteiger partial charge >= 0.3 is 6.03 Å². The Hall–Kier alpha value is -3.74. The number of urea groups is 1.